The predicted molar refractivity (Wildman–Crippen MR) is 98.4 cm³/mol. The van der Waals surface area contributed by atoms with Gasteiger partial charge in [0.05, 0.1) is 15.4 Å². The Labute approximate surface area is 159 Å². The van der Waals surface area contributed by atoms with Crippen LogP contribution in [0.1, 0.15) is 0 Å². The van der Waals surface area contributed by atoms with Crippen molar-refractivity contribution in [2.75, 3.05) is 0 Å². The number of hydrogen-bond donors (Lipinski definition) is 0. The second kappa shape index (κ2) is 6.25. The SMILES string of the molecule is O=c1oc(-c2cc(Br)nn2-c2ncccc2Cl)nc2c(Cl)cccc12. The minimum Gasteiger partial charge on any atom is -0.401 e. The van der Waals surface area contributed by atoms with Crippen molar-refractivity contribution in [3.63, 3.8) is 0 Å². The molecule has 3 heterocycles. The molecule has 3 aromatic heterocycles. The molecule has 4 rings (SSSR count). The zero-order valence-electron chi connectivity index (χ0n) is 12.3. The highest BCUT2D eigenvalue weighted by atomic mass is 79.9. The monoisotopic (exact) mass is 436 g/mol. The van der Waals surface area contributed by atoms with E-state index in [-0.39, 0.29) is 5.89 Å². The average molecular weight is 438 g/mol. The lowest BCUT2D eigenvalue weighted by molar-refractivity contribution is 0.513. The zero-order chi connectivity index (χ0) is 17.6. The lowest BCUT2D eigenvalue weighted by Gasteiger charge is -2.07. The first-order valence-corrected chi connectivity index (χ1v) is 8.55. The first-order chi connectivity index (χ1) is 12.0. The van der Waals surface area contributed by atoms with Crippen LogP contribution in [-0.4, -0.2) is 19.7 Å². The molecule has 0 amide bonds. The Hall–Kier alpha value is -2.22. The van der Waals surface area contributed by atoms with Gasteiger partial charge in [-0.2, -0.15) is 5.10 Å². The minimum absolute atomic E-state index is 0.0607. The summed E-state index contributed by atoms with van der Waals surface area (Å²) in [5, 5.41) is 5.35. The van der Waals surface area contributed by atoms with Gasteiger partial charge in [0.15, 0.2) is 5.82 Å². The van der Waals surface area contributed by atoms with Gasteiger partial charge in [-0.05, 0) is 40.2 Å². The molecule has 6 nitrogen and oxygen atoms in total. The second-order valence-electron chi connectivity index (χ2n) is 5.02. The molecular formula is C16H7BrCl2N4O2. The van der Waals surface area contributed by atoms with Crippen molar-refractivity contribution < 1.29 is 4.42 Å². The number of benzene rings is 1. The Kier molecular flexibility index (Phi) is 4.07. The Bertz CT molecular complexity index is 1170. The summed E-state index contributed by atoms with van der Waals surface area (Å²) in [6, 6.07) is 9.97. The Balaban J connectivity index is 2.01. The Morgan fingerprint density at radius 3 is 2.72 bits per heavy atom. The molecule has 0 aliphatic rings. The summed E-state index contributed by atoms with van der Waals surface area (Å²) < 4.78 is 7.32. The van der Waals surface area contributed by atoms with Gasteiger partial charge >= 0.3 is 5.63 Å². The molecule has 25 heavy (non-hydrogen) atoms. The van der Waals surface area contributed by atoms with Crippen LogP contribution in [-0.2, 0) is 0 Å². The summed E-state index contributed by atoms with van der Waals surface area (Å²) in [4.78, 5) is 20.9. The molecule has 0 radical (unpaired) electrons. The van der Waals surface area contributed by atoms with E-state index in [9.17, 15) is 4.79 Å². The van der Waals surface area contributed by atoms with Gasteiger partial charge in [0.1, 0.15) is 15.8 Å². The van der Waals surface area contributed by atoms with E-state index in [1.165, 1.54) is 4.68 Å². The maximum atomic E-state index is 12.3. The summed E-state index contributed by atoms with van der Waals surface area (Å²) in [6.07, 6.45) is 1.58. The van der Waals surface area contributed by atoms with E-state index < -0.39 is 5.63 Å². The van der Waals surface area contributed by atoms with Crippen molar-refractivity contribution in [1.29, 1.82) is 0 Å². The molecule has 0 bridgehead atoms. The standard InChI is InChI=1S/C16H7BrCl2N4O2/c17-12-7-11(23(22-12)14-10(19)5-2-6-20-14)15-21-13-8(16(24)25-15)3-1-4-9(13)18/h1-7H. The fraction of sp³-hybridized carbons (Fsp3) is 0. The molecule has 0 fully saturated rings. The van der Waals surface area contributed by atoms with Crippen molar-refractivity contribution in [2.45, 2.75) is 0 Å². The first kappa shape index (κ1) is 16.3. The number of para-hydroxylation sites is 1. The predicted octanol–water partition coefficient (Wildman–Crippen LogP) is 4.51. The highest BCUT2D eigenvalue weighted by molar-refractivity contribution is 9.10. The highest BCUT2D eigenvalue weighted by Gasteiger charge is 2.19. The molecule has 0 spiro atoms. The van der Waals surface area contributed by atoms with Crippen molar-refractivity contribution in [2.24, 2.45) is 0 Å². The molecule has 9 heteroatoms. The van der Waals surface area contributed by atoms with Gasteiger partial charge in [-0.25, -0.2) is 19.4 Å². The Morgan fingerprint density at radius 1 is 1.12 bits per heavy atom. The fourth-order valence-electron chi connectivity index (χ4n) is 2.37. The Morgan fingerprint density at radius 2 is 1.92 bits per heavy atom. The van der Waals surface area contributed by atoms with Crippen LogP contribution < -0.4 is 5.63 Å². The number of aromatic nitrogens is 4. The van der Waals surface area contributed by atoms with Gasteiger partial charge in [0.2, 0.25) is 5.89 Å². The summed E-state index contributed by atoms with van der Waals surface area (Å²) in [5.41, 5.74) is 0.219. The van der Waals surface area contributed by atoms with Crippen molar-refractivity contribution in [1.82, 2.24) is 19.7 Å². The van der Waals surface area contributed by atoms with E-state index in [0.29, 0.717) is 37.1 Å². The topological polar surface area (TPSA) is 73.8 Å². The smallest absolute Gasteiger partial charge is 0.347 e. The molecule has 0 saturated heterocycles. The lowest BCUT2D eigenvalue weighted by atomic mass is 10.2. The minimum atomic E-state index is -0.543. The van der Waals surface area contributed by atoms with Crippen LogP contribution in [0.2, 0.25) is 10.0 Å². The summed E-state index contributed by atoms with van der Waals surface area (Å²) in [7, 11) is 0. The average Bonchev–Trinajstić information content (AvgIpc) is 2.98. The van der Waals surface area contributed by atoms with Crippen molar-refractivity contribution in [3.05, 3.63) is 67.7 Å². The third-order valence-electron chi connectivity index (χ3n) is 3.45. The van der Waals surface area contributed by atoms with Gasteiger partial charge in [-0.15, -0.1) is 0 Å². The van der Waals surface area contributed by atoms with Gasteiger partial charge in [0, 0.05) is 12.3 Å². The molecule has 0 aliphatic heterocycles. The number of nitrogens with zero attached hydrogens (tertiary/aromatic N) is 4. The zero-order valence-corrected chi connectivity index (χ0v) is 15.4. The van der Waals surface area contributed by atoms with Crippen LogP contribution in [0, 0.1) is 0 Å². The maximum Gasteiger partial charge on any atom is 0.347 e. The number of fused-ring (bicyclic) bond motifs is 1. The van der Waals surface area contributed by atoms with Crippen LogP contribution >= 0.6 is 39.1 Å². The van der Waals surface area contributed by atoms with Crippen molar-refractivity contribution in [3.8, 4) is 17.4 Å². The first-order valence-electron chi connectivity index (χ1n) is 7.01. The molecule has 0 unspecified atom stereocenters. The molecule has 0 atom stereocenters. The van der Waals surface area contributed by atoms with E-state index in [1.807, 2.05) is 0 Å². The van der Waals surface area contributed by atoms with Gasteiger partial charge < -0.3 is 4.42 Å². The molecule has 1 aromatic carbocycles. The summed E-state index contributed by atoms with van der Waals surface area (Å²) in [5.74, 6) is 0.444. The van der Waals surface area contributed by atoms with Crippen molar-refractivity contribution >= 4 is 50.0 Å². The molecule has 124 valence electrons. The molecule has 4 aromatic rings. The number of hydrogen-bond acceptors (Lipinski definition) is 5. The number of pyridine rings is 1. The summed E-state index contributed by atoms with van der Waals surface area (Å²) >= 11 is 15.7. The van der Waals surface area contributed by atoms with Crippen LogP contribution in [0.25, 0.3) is 28.3 Å². The van der Waals surface area contributed by atoms with Crippen LogP contribution in [0.5, 0.6) is 0 Å². The fourth-order valence-corrected chi connectivity index (χ4v) is 3.16. The molecule has 0 N–H and O–H groups in total. The largest absolute Gasteiger partial charge is 0.401 e. The molecule has 0 aliphatic carbocycles. The van der Waals surface area contributed by atoms with Gasteiger partial charge in [-0.1, -0.05) is 29.3 Å². The molecule has 0 saturated carbocycles. The normalized spacial score (nSPS) is 11.2. The summed E-state index contributed by atoms with van der Waals surface area (Å²) in [6.45, 7) is 0. The van der Waals surface area contributed by atoms with E-state index in [0.717, 1.165) is 0 Å². The van der Waals surface area contributed by atoms with Gasteiger partial charge in [-0.3, -0.25) is 0 Å². The van der Waals surface area contributed by atoms with Gasteiger partial charge in [0.25, 0.3) is 0 Å². The van der Waals surface area contributed by atoms with Crippen LogP contribution in [0.3, 0.4) is 0 Å². The highest BCUT2D eigenvalue weighted by Crippen LogP contribution is 2.28. The third kappa shape index (κ3) is 2.84. The van der Waals surface area contributed by atoms with E-state index in [4.69, 9.17) is 27.6 Å². The maximum absolute atomic E-state index is 12.3. The van der Waals surface area contributed by atoms with Crippen LogP contribution in [0.15, 0.2) is 56.4 Å². The molecular weight excluding hydrogens is 431 g/mol. The van der Waals surface area contributed by atoms with Crippen LogP contribution in [0.4, 0.5) is 0 Å². The van der Waals surface area contributed by atoms with E-state index in [1.54, 1.807) is 42.6 Å². The lowest BCUT2D eigenvalue weighted by Crippen LogP contribution is -2.07. The quantitative estimate of drug-likeness (QED) is 0.461. The van der Waals surface area contributed by atoms with E-state index in [2.05, 4.69) is 31.0 Å². The third-order valence-corrected chi connectivity index (χ3v) is 4.44. The number of rotatable bonds is 2. The second-order valence-corrected chi connectivity index (χ2v) is 6.64. The number of halogens is 3. The van der Waals surface area contributed by atoms with E-state index >= 15 is 0 Å².